The Morgan fingerprint density at radius 2 is 1.88 bits per heavy atom. The van der Waals surface area contributed by atoms with E-state index in [-0.39, 0.29) is 11.8 Å². The van der Waals surface area contributed by atoms with Crippen molar-refractivity contribution in [3.63, 3.8) is 0 Å². The van der Waals surface area contributed by atoms with Crippen molar-refractivity contribution >= 4 is 49.3 Å². The third-order valence-electron chi connectivity index (χ3n) is 4.31. The average Bonchev–Trinajstić information content (AvgIpc) is 3.08. The standard InChI is InChI=1S/C17H20BrN3O2S/c1-3-4-5-21-13-11-16(18)24-15(13)10-14(21)17(23)20-8-6-19(7-9-20)12(2)22/h3-4,10-11H,5-9H2,1-2H3/b4-3+. The number of fused-ring (bicyclic) bond motifs is 1. The largest absolute Gasteiger partial charge is 0.339 e. The minimum atomic E-state index is 0.0437. The first-order valence-corrected chi connectivity index (χ1v) is 9.56. The quantitative estimate of drug-likeness (QED) is 0.729. The number of halogens is 1. The number of thiophene rings is 1. The predicted molar refractivity (Wildman–Crippen MR) is 100 cm³/mol. The van der Waals surface area contributed by atoms with Crippen LogP contribution >= 0.6 is 27.3 Å². The first-order chi connectivity index (χ1) is 11.5. The van der Waals surface area contributed by atoms with Crippen LogP contribution in [0.15, 0.2) is 28.1 Å². The monoisotopic (exact) mass is 409 g/mol. The van der Waals surface area contributed by atoms with Gasteiger partial charge in [-0.25, -0.2) is 0 Å². The Morgan fingerprint density at radius 1 is 1.21 bits per heavy atom. The number of amides is 2. The van der Waals surface area contributed by atoms with Gasteiger partial charge in [-0.3, -0.25) is 9.59 Å². The van der Waals surface area contributed by atoms with Gasteiger partial charge in [0.05, 0.1) is 14.0 Å². The first-order valence-electron chi connectivity index (χ1n) is 7.95. The van der Waals surface area contributed by atoms with Crippen LogP contribution in [-0.4, -0.2) is 52.4 Å². The van der Waals surface area contributed by atoms with Gasteiger partial charge in [-0.2, -0.15) is 0 Å². The van der Waals surface area contributed by atoms with E-state index in [1.165, 1.54) is 0 Å². The molecular weight excluding hydrogens is 390 g/mol. The van der Waals surface area contributed by atoms with Crippen LogP contribution in [-0.2, 0) is 11.3 Å². The molecule has 0 spiro atoms. The maximum absolute atomic E-state index is 13.0. The number of carbonyl (C=O) groups excluding carboxylic acids is 2. The van der Waals surface area contributed by atoms with Crippen molar-refractivity contribution in [1.82, 2.24) is 14.4 Å². The zero-order valence-electron chi connectivity index (χ0n) is 13.8. The molecule has 0 aliphatic carbocycles. The summed E-state index contributed by atoms with van der Waals surface area (Å²) in [5, 5.41) is 0. The van der Waals surface area contributed by atoms with Crippen LogP contribution in [0.3, 0.4) is 0 Å². The molecule has 0 bridgehead atoms. The summed E-state index contributed by atoms with van der Waals surface area (Å²) in [4.78, 5) is 28.1. The number of nitrogens with zero attached hydrogens (tertiary/aromatic N) is 3. The molecule has 0 radical (unpaired) electrons. The summed E-state index contributed by atoms with van der Waals surface area (Å²) in [5.41, 5.74) is 1.80. The third kappa shape index (κ3) is 3.28. The van der Waals surface area contributed by atoms with Crippen LogP contribution in [0.5, 0.6) is 0 Å². The number of piperazine rings is 1. The molecule has 7 heteroatoms. The molecule has 1 aliphatic rings. The topological polar surface area (TPSA) is 45.6 Å². The van der Waals surface area contributed by atoms with E-state index < -0.39 is 0 Å². The van der Waals surface area contributed by atoms with E-state index in [1.54, 1.807) is 23.2 Å². The second kappa shape index (κ2) is 7.11. The maximum atomic E-state index is 13.0. The number of hydrogen-bond acceptors (Lipinski definition) is 3. The summed E-state index contributed by atoms with van der Waals surface area (Å²) in [6.07, 6.45) is 4.04. The van der Waals surface area contributed by atoms with Crippen molar-refractivity contribution in [1.29, 1.82) is 0 Å². The molecule has 1 saturated heterocycles. The van der Waals surface area contributed by atoms with Crippen LogP contribution in [0, 0.1) is 0 Å². The first kappa shape index (κ1) is 17.2. The van der Waals surface area contributed by atoms with E-state index in [1.807, 2.05) is 24.0 Å². The molecule has 5 nitrogen and oxygen atoms in total. The van der Waals surface area contributed by atoms with Gasteiger partial charge in [0, 0.05) is 39.6 Å². The summed E-state index contributed by atoms with van der Waals surface area (Å²) in [6.45, 7) is 6.62. The third-order valence-corrected chi connectivity index (χ3v) is 5.89. The van der Waals surface area contributed by atoms with Gasteiger partial charge >= 0.3 is 0 Å². The zero-order valence-corrected chi connectivity index (χ0v) is 16.2. The summed E-state index contributed by atoms with van der Waals surface area (Å²) < 4.78 is 4.24. The van der Waals surface area contributed by atoms with E-state index in [0.29, 0.717) is 32.7 Å². The highest BCUT2D eigenvalue weighted by Gasteiger charge is 2.26. The van der Waals surface area contributed by atoms with E-state index in [2.05, 4.69) is 32.6 Å². The van der Waals surface area contributed by atoms with E-state index >= 15 is 0 Å². The van der Waals surface area contributed by atoms with Crippen molar-refractivity contribution in [2.24, 2.45) is 0 Å². The minimum absolute atomic E-state index is 0.0437. The molecule has 1 fully saturated rings. The van der Waals surface area contributed by atoms with Crippen LogP contribution in [0.1, 0.15) is 24.3 Å². The van der Waals surface area contributed by atoms with E-state index in [4.69, 9.17) is 0 Å². The number of aromatic nitrogens is 1. The van der Waals surface area contributed by atoms with Crippen molar-refractivity contribution in [2.45, 2.75) is 20.4 Å². The molecule has 128 valence electrons. The summed E-state index contributed by atoms with van der Waals surface area (Å²) >= 11 is 5.16. The fraction of sp³-hybridized carbons (Fsp3) is 0.412. The fourth-order valence-electron chi connectivity index (χ4n) is 2.98. The summed E-state index contributed by atoms with van der Waals surface area (Å²) in [7, 11) is 0. The normalized spacial score (nSPS) is 15.6. The molecule has 0 aromatic carbocycles. The number of allylic oxidation sites excluding steroid dienone is 2. The van der Waals surface area contributed by atoms with Crippen molar-refractivity contribution in [3.8, 4) is 0 Å². The zero-order chi connectivity index (χ0) is 17.3. The Hall–Kier alpha value is -1.60. The summed E-state index contributed by atoms with van der Waals surface area (Å²) in [6, 6.07) is 4.04. The molecule has 1 aliphatic heterocycles. The highest BCUT2D eigenvalue weighted by molar-refractivity contribution is 9.11. The van der Waals surface area contributed by atoms with Crippen LogP contribution in [0.2, 0.25) is 0 Å². The van der Waals surface area contributed by atoms with Gasteiger partial charge in [-0.05, 0) is 35.0 Å². The number of carbonyl (C=O) groups is 2. The average molecular weight is 410 g/mol. The Labute approximate surface area is 153 Å². The fourth-order valence-corrected chi connectivity index (χ4v) is 4.55. The van der Waals surface area contributed by atoms with Gasteiger partial charge < -0.3 is 14.4 Å². The number of hydrogen-bond donors (Lipinski definition) is 0. The lowest BCUT2D eigenvalue weighted by molar-refractivity contribution is -0.130. The van der Waals surface area contributed by atoms with Crippen LogP contribution in [0.25, 0.3) is 10.2 Å². The lowest BCUT2D eigenvalue weighted by Gasteiger charge is -2.34. The molecule has 24 heavy (non-hydrogen) atoms. The molecule has 3 heterocycles. The van der Waals surface area contributed by atoms with Crippen molar-refractivity contribution in [3.05, 3.63) is 33.8 Å². The molecule has 0 N–H and O–H groups in total. The number of rotatable bonds is 3. The van der Waals surface area contributed by atoms with Gasteiger partial charge in [0.15, 0.2) is 0 Å². The molecule has 2 amide bonds. The van der Waals surface area contributed by atoms with Crippen molar-refractivity contribution in [2.75, 3.05) is 26.2 Å². The smallest absolute Gasteiger partial charge is 0.270 e. The van der Waals surface area contributed by atoms with Gasteiger partial charge in [0.2, 0.25) is 5.91 Å². The Kier molecular flexibility index (Phi) is 5.10. The van der Waals surface area contributed by atoms with Crippen LogP contribution in [0.4, 0.5) is 0 Å². The van der Waals surface area contributed by atoms with Crippen LogP contribution < -0.4 is 0 Å². The Balaban J connectivity index is 1.86. The molecule has 2 aromatic heterocycles. The molecule has 2 aromatic rings. The second-order valence-electron chi connectivity index (χ2n) is 5.81. The molecule has 0 unspecified atom stereocenters. The van der Waals surface area contributed by atoms with Crippen molar-refractivity contribution < 1.29 is 9.59 Å². The predicted octanol–water partition coefficient (Wildman–Crippen LogP) is 3.35. The van der Waals surface area contributed by atoms with E-state index in [9.17, 15) is 9.59 Å². The lowest BCUT2D eigenvalue weighted by atomic mass is 10.2. The Morgan fingerprint density at radius 3 is 2.50 bits per heavy atom. The minimum Gasteiger partial charge on any atom is -0.339 e. The molecule has 0 saturated carbocycles. The molecular formula is C17H20BrN3O2S. The maximum Gasteiger partial charge on any atom is 0.270 e. The highest BCUT2D eigenvalue weighted by atomic mass is 79.9. The SMILES string of the molecule is C/C=C/Cn1c(C(=O)N2CCN(C(C)=O)CC2)cc2sc(Br)cc21. The second-order valence-corrected chi connectivity index (χ2v) is 8.27. The lowest BCUT2D eigenvalue weighted by Crippen LogP contribution is -2.50. The van der Waals surface area contributed by atoms with Gasteiger partial charge in [0.1, 0.15) is 5.69 Å². The van der Waals surface area contributed by atoms with Gasteiger partial charge in [0.25, 0.3) is 5.91 Å². The highest BCUT2D eigenvalue weighted by Crippen LogP contribution is 2.33. The Bertz CT molecular complexity index is 800. The molecule has 0 atom stereocenters. The van der Waals surface area contributed by atoms with E-state index in [0.717, 1.165) is 19.7 Å². The summed E-state index contributed by atoms with van der Waals surface area (Å²) in [5.74, 6) is 0.117. The van der Waals surface area contributed by atoms with Gasteiger partial charge in [-0.1, -0.05) is 12.2 Å². The molecule has 3 rings (SSSR count). The van der Waals surface area contributed by atoms with Gasteiger partial charge in [-0.15, -0.1) is 11.3 Å².